The molecule has 1 amide bonds. The molecule has 0 bridgehead atoms. The maximum absolute atomic E-state index is 13.3. The lowest BCUT2D eigenvalue weighted by Gasteiger charge is -2.37. The Kier molecular flexibility index (Phi) is 8.75. The fourth-order valence-electron chi connectivity index (χ4n) is 5.61. The Morgan fingerprint density at radius 1 is 0.718 bits per heavy atom. The molecule has 1 heterocycles. The van der Waals surface area contributed by atoms with Gasteiger partial charge in [-0.3, -0.25) is 9.69 Å². The first-order valence-corrected chi connectivity index (χ1v) is 14.1. The van der Waals surface area contributed by atoms with Crippen LogP contribution in [0.5, 0.6) is 0 Å². The lowest BCUT2D eigenvalue weighted by Crippen LogP contribution is -2.46. The highest BCUT2D eigenvalue weighted by molar-refractivity contribution is 5.95. The maximum atomic E-state index is 13.3. The summed E-state index contributed by atoms with van der Waals surface area (Å²) >= 11 is 0. The zero-order valence-corrected chi connectivity index (χ0v) is 23.1. The van der Waals surface area contributed by atoms with E-state index < -0.39 is 0 Å². The van der Waals surface area contributed by atoms with Gasteiger partial charge in [0.15, 0.2) is 0 Å². The van der Waals surface area contributed by atoms with Crippen LogP contribution in [0.2, 0.25) is 0 Å². The summed E-state index contributed by atoms with van der Waals surface area (Å²) in [4.78, 5) is 20.2. The Morgan fingerprint density at radius 2 is 1.26 bits per heavy atom. The number of carbonyl (C=O) groups is 1. The molecule has 0 saturated carbocycles. The van der Waals surface area contributed by atoms with Gasteiger partial charge < -0.3 is 9.80 Å². The van der Waals surface area contributed by atoms with Crippen LogP contribution in [0.15, 0.2) is 115 Å². The molecule has 5 rings (SSSR count). The van der Waals surface area contributed by atoms with E-state index in [9.17, 15) is 4.79 Å². The molecule has 1 unspecified atom stereocenters. The Bertz CT molecular complexity index is 1280. The quantitative estimate of drug-likeness (QED) is 0.243. The van der Waals surface area contributed by atoms with Crippen molar-refractivity contribution in [3.63, 3.8) is 0 Å². The summed E-state index contributed by atoms with van der Waals surface area (Å²) in [5, 5.41) is 0. The molecule has 1 aliphatic heterocycles. The van der Waals surface area contributed by atoms with Crippen molar-refractivity contribution in [1.82, 2.24) is 9.80 Å². The van der Waals surface area contributed by atoms with E-state index in [0.29, 0.717) is 5.92 Å². The number of hydrogen-bond acceptors (Lipinski definition) is 3. The van der Waals surface area contributed by atoms with Crippen LogP contribution in [0.4, 0.5) is 5.69 Å². The molecule has 1 saturated heterocycles. The summed E-state index contributed by atoms with van der Waals surface area (Å²) < 4.78 is 0. The number of rotatable bonds is 9. The van der Waals surface area contributed by atoms with Crippen molar-refractivity contribution in [3.05, 3.63) is 138 Å². The monoisotopic (exact) mass is 517 g/mol. The van der Waals surface area contributed by atoms with Gasteiger partial charge in [-0.05, 0) is 54.8 Å². The molecule has 0 radical (unpaired) electrons. The predicted octanol–water partition coefficient (Wildman–Crippen LogP) is 6.86. The molecule has 4 aromatic rings. The summed E-state index contributed by atoms with van der Waals surface area (Å²) in [5.74, 6) is 0.461. The first-order valence-electron chi connectivity index (χ1n) is 14.1. The number of benzene rings is 4. The van der Waals surface area contributed by atoms with Gasteiger partial charge in [0, 0.05) is 50.4 Å². The average Bonchev–Trinajstić information content (AvgIpc) is 3.02. The third-order valence-corrected chi connectivity index (χ3v) is 8.15. The van der Waals surface area contributed by atoms with Crippen molar-refractivity contribution in [2.24, 2.45) is 0 Å². The van der Waals surface area contributed by atoms with E-state index in [4.69, 9.17) is 0 Å². The Morgan fingerprint density at radius 3 is 1.82 bits per heavy atom. The fourth-order valence-corrected chi connectivity index (χ4v) is 5.61. The average molecular weight is 518 g/mol. The highest BCUT2D eigenvalue weighted by Crippen LogP contribution is 2.29. The molecule has 4 aromatic carbocycles. The first-order chi connectivity index (χ1) is 19.1. The first kappa shape index (κ1) is 26.7. The minimum absolute atomic E-state index is 0.0153. The van der Waals surface area contributed by atoms with Crippen LogP contribution in [0, 0.1) is 0 Å². The van der Waals surface area contributed by atoms with Crippen molar-refractivity contribution < 1.29 is 4.79 Å². The molecule has 1 fully saturated rings. The Hall–Kier alpha value is -3.89. The summed E-state index contributed by atoms with van der Waals surface area (Å²) in [6, 6.07) is 40.1. The highest BCUT2D eigenvalue weighted by Gasteiger charge is 2.22. The largest absolute Gasteiger partial charge is 0.369 e. The molecule has 0 spiro atoms. The maximum Gasteiger partial charge on any atom is 0.254 e. The SMILES string of the molecule is CC(c1ccccc1)N(C)C(=O)c1cccc(N2CCN(CCC(c3ccccc3)c3ccccc3)CC2)c1. The van der Waals surface area contributed by atoms with E-state index in [2.05, 4.69) is 102 Å². The number of nitrogens with zero attached hydrogens (tertiary/aromatic N) is 3. The molecular weight excluding hydrogens is 478 g/mol. The van der Waals surface area contributed by atoms with Crippen molar-refractivity contribution in [2.75, 3.05) is 44.7 Å². The normalized spacial score (nSPS) is 14.8. The molecule has 39 heavy (non-hydrogen) atoms. The van der Waals surface area contributed by atoms with Crippen LogP contribution in [-0.4, -0.2) is 55.5 Å². The van der Waals surface area contributed by atoms with Crippen LogP contribution in [0.3, 0.4) is 0 Å². The van der Waals surface area contributed by atoms with Gasteiger partial charge >= 0.3 is 0 Å². The summed E-state index contributed by atoms with van der Waals surface area (Å²) in [7, 11) is 1.89. The van der Waals surface area contributed by atoms with E-state index in [-0.39, 0.29) is 11.9 Å². The van der Waals surface area contributed by atoms with E-state index in [1.807, 2.05) is 42.3 Å². The van der Waals surface area contributed by atoms with Gasteiger partial charge in [-0.25, -0.2) is 0 Å². The molecule has 4 heteroatoms. The van der Waals surface area contributed by atoms with E-state index in [1.165, 1.54) is 11.1 Å². The molecule has 4 nitrogen and oxygen atoms in total. The zero-order chi connectivity index (χ0) is 27.0. The van der Waals surface area contributed by atoms with Crippen LogP contribution in [-0.2, 0) is 0 Å². The van der Waals surface area contributed by atoms with Crippen molar-refractivity contribution >= 4 is 11.6 Å². The summed E-state index contributed by atoms with van der Waals surface area (Å²) in [5.41, 5.74) is 5.79. The number of hydrogen-bond donors (Lipinski definition) is 0. The second-order valence-corrected chi connectivity index (χ2v) is 10.5. The van der Waals surface area contributed by atoms with Gasteiger partial charge in [0.05, 0.1) is 6.04 Å². The molecular formula is C35H39N3O. The highest BCUT2D eigenvalue weighted by atomic mass is 16.2. The van der Waals surface area contributed by atoms with Crippen molar-refractivity contribution in [2.45, 2.75) is 25.3 Å². The lowest BCUT2D eigenvalue weighted by atomic mass is 9.88. The van der Waals surface area contributed by atoms with Gasteiger partial charge in [0.1, 0.15) is 0 Å². The van der Waals surface area contributed by atoms with Gasteiger partial charge in [-0.15, -0.1) is 0 Å². The summed E-state index contributed by atoms with van der Waals surface area (Å²) in [6.07, 6.45) is 1.10. The lowest BCUT2D eigenvalue weighted by molar-refractivity contribution is 0.0742. The summed E-state index contributed by atoms with van der Waals surface area (Å²) in [6.45, 7) is 7.14. The van der Waals surface area contributed by atoms with Crippen molar-refractivity contribution in [3.8, 4) is 0 Å². The third-order valence-electron chi connectivity index (χ3n) is 8.15. The minimum atomic E-state index is 0.0153. The van der Waals surface area contributed by atoms with Gasteiger partial charge in [0.2, 0.25) is 0 Å². The fraction of sp³-hybridized carbons (Fsp3) is 0.286. The van der Waals surface area contributed by atoms with E-state index in [1.54, 1.807) is 0 Å². The third kappa shape index (κ3) is 6.58. The molecule has 1 aliphatic rings. The number of anilines is 1. The van der Waals surface area contributed by atoms with Crippen LogP contribution < -0.4 is 4.90 Å². The van der Waals surface area contributed by atoms with Crippen molar-refractivity contribution in [1.29, 1.82) is 0 Å². The Balaban J connectivity index is 1.18. The number of piperazine rings is 1. The number of amides is 1. The van der Waals surface area contributed by atoms with E-state index in [0.717, 1.165) is 56.0 Å². The molecule has 0 aromatic heterocycles. The van der Waals surface area contributed by atoms with Gasteiger partial charge in [0.25, 0.3) is 5.91 Å². The molecule has 1 atom stereocenters. The van der Waals surface area contributed by atoms with Crippen LogP contribution >= 0.6 is 0 Å². The molecule has 0 N–H and O–H groups in total. The van der Waals surface area contributed by atoms with Crippen LogP contribution in [0.1, 0.15) is 52.4 Å². The second-order valence-electron chi connectivity index (χ2n) is 10.5. The van der Waals surface area contributed by atoms with E-state index >= 15 is 0 Å². The minimum Gasteiger partial charge on any atom is -0.369 e. The Labute approximate surface area is 233 Å². The van der Waals surface area contributed by atoms with Gasteiger partial charge in [-0.2, -0.15) is 0 Å². The molecule has 0 aliphatic carbocycles. The number of carbonyl (C=O) groups excluding carboxylic acids is 1. The predicted molar refractivity (Wildman–Crippen MR) is 161 cm³/mol. The zero-order valence-electron chi connectivity index (χ0n) is 23.1. The molecule has 200 valence electrons. The van der Waals surface area contributed by atoms with Crippen LogP contribution in [0.25, 0.3) is 0 Å². The smallest absolute Gasteiger partial charge is 0.254 e. The topological polar surface area (TPSA) is 26.8 Å². The second kappa shape index (κ2) is 12.8. The van der Waals surface area contributed by atoms with Gasteiger partial charge in [-0.1, -0.05) is 97.1 Å². The standard InChI is InChI=1S/C35H39N3O/c1-28(29-13-6-3-7-14-29)36(2)35(39)32-19-12-20-33(27-32)38-25-23-37(24-26-38)22-21-34(30-15-8-4-9-16-30)31-17-10-5-11-18-31/h3-20,27-28,34H,21-26H2,1-2H3.